The summed E-state index contributed by atoms with van der Waals surface area (Å²) in [4.78, 5) is 0. The summed E-state index contributed by atoms with van der Waals surface area (Å²) in [5.74, 6) is 0. The lowest BCUT2D eigenvalue weighted by Gasteiger charge is -2.30. The summed E-state index contributed by atoms with van der Waals surface area (Å²) >= 11 is 0. The van der Waals surface area contributed by atoms with Gasteiger partial charge in [0.15, 0.2) is 0 Å². The highest BCUT2D eigenvalue weighted by Crippen LogP contribution is 2.39. The van der Waals surface area contributed by atoms with E-state index in [1.165, 1.54) is 16.7 Å². The lowest BCUT2D eigenvalue weighted by atomic mass is 9.81. The maximum absolute atomic E-state index is 11.4. The van der Waals surface area contributed by atoms with E-state index < -0.39 is 5.60 Å². The van der Waals surface area contributed by atoms with Crippen LogP contribution in [0.5, 0.6) is 0 Å². The summed E-state index contributed by atoms with van der Waals surface area (Å²) in [5.41, 5.74) is 5.13. The lowest BCUT2D eigenvalue weighted by Crippen LogP contribution is -2.27. The first kappa shape index (κ1) is 13.4. The summed E-state index contributed by atoms with van der Waals surface area (Å²) < 4.78 is 0. The zero-order valence-electron chi connectivity index (χ0n) is 12.3. The fraction of sp³-hybridized carbons (Fsp3) is 0.368. The Balaban J connectivity index is 2.17. The fourth-order valence-electron chi connectivity index (χ4n) is 3.27. The van der Waals surface area contributed by atoms with Crippen LogP contribution >= 0.6 is 0 Å². The second-order valence-electron chi connectivity index (χ2n) is 6.02. The second-order valence-corrected chi connectivity index (χ2v) is 6.02. The average Bonchev–Trinajstić information content (AvgIpc) is 2.63. The van der Waals surface area contributed by atoms with Crippen LogP contribution in [-0.2, 0) is 12.0 Å². The minimum Gasteiger partial charge on any atom is -0.380 e. The molecule has 0 bridgehead atoms. The first-order valence-electron chi connectivity index (χ1n) is 7.50. The van der Waals surface area contributed by atoms with Crippen molar-refractivity contribution < 1.29 is 5.11 Å². The number of hydrogen-bond donors (Lipinski definition) is 1. The Morgan fingerprint density at radius 2 is 1.75 bits per heavy atom. The van der Waals surface area contributed by atoms with Gasteiger partial charge in [-0.1, -0.05) is 42.5 Å². The van der Waals surface area contributed by atoms with Gasteiger partial charge in [-0.2, -0.15) is 0 Å². The third-order valence-electron chi connectivity index (χ3n) is 4.68. The Hall–Kier alpha value is -1.60. The number of rotatable bonds is 1. The van der Waals surface area contributed by atoms with Gasteiger partial charge in [-0.25, -0.2) is 0 Å². The molecule has 2 aromatic carbocycles. The van der Waals surface area contributed by atoms with E-state index in [0.29, 0.717) is 0 Å². The molecular weight excluding hydrogens is 244 g/mol. The molecule has 0 fully saturated rings. The van der Waals surface area contributed by atoms with Crippen LogP contribution < -0.4 is 0 Å². The van der Waals surface area contributed by atoms with Crippen molar-refractivity contribution in [3.05, 3.63) is 70.3 Å². The highest BCUT2D eigenvalue weighted by atomic mass is 16.3. The van der Waals surface area contributed by atoms with E-state index >= 15 is 0 Å². The molecule has 3 rings (SSSR count). The van der Waals surface area contributed by atoms with Crippen molar-refractivity contribution in [3.63, 3.8) is 0 Å². The summed E-state index contributed by atoms with van der Waals surface area (Å²) in [6, 6.07) is 14.7. The third-order valence-corrected chi connectivity index (χ3v) is 4.68. The van der Waals surface area contributed by atoms with Crippen molar-refractivity contribution in [2.45, 2.75) is 45.1 Å². The first-order chi connectivity index (χ1) is 9.61. The summed E-state index contributed by atoms with van der Waals surface area (Å²) in [5, 5.41) is 11.4. The molecule has 0 spiro atoms. The van der Waals surface area contributed by atoms with Crippen LogP contribution in [0.2, 0.25) is 0 Å². The highest BCUT2D eigenvalue weighted by Gasteiger charge is 2.34. The van der Waals surface area contributed by atoms with Gasteiger partial charge in [0.1, 0.15) is 5.60 Å². The van der Waals surface area contributed by atoms with Gasteiger partial charge in [0.05, 0.1) is 0 Å². The van der Waals surface area contributed by atoms with Crippen LogP contribution in [-0.4, -0.2) is 5.11 Å². The molecule has 1 N–H and O–H groups in total. The Bertz CT molecular complexity index is 629. The zero-order valence-corrected chi connectivity index (χ0v) is 12.3. The molecule has 1 unspecified atom stereocenters. The minimum absolute atomic E-state index is 0.812. The van der Waals surface area contributed by atoms with E-state index in [9.17, 15) is 5.11 Å². The fourth-order valence-corrected chi connectivity index (χ4v) is 3.27. The topological polar surface area (TPSA) is 20.2 Å². The number of benzene rings is 2. The van der Waals surface area contributed by atoms with E-state index in [1.54, 1.807) is 0 Å². The number of aryl methyl sites for hydroxylation is 3. The van der Waals surface area contributed by atoms with Crippen LogP contribution in [0.4, 0.5) is 0 Å². The number of fused-ring (bicyclic) bond motifs is 1. The summed E-state index contributed by atoms with van der Waals surface area (Å²) in [7, 11) is 0. The van der Waals surface area contributed by atoms with Gasteiger partial charge in [-0.05, 0) is 67.3 Å². The Kier molecular flexibility index (Phi) is 3.39. The molecule has 1 nitrogen and oxygen atoms in total. The number of aliphatic hydroxyl groups is 1. The molecule has 0 radical (unpaired) electrons. The normalized spacial score (nSPS) is 22.1. The van der Waals surface area contributed by atoms with Gasteiger partial charge in [-0.15, -0.1) is 0 Å². The summed E-state index contributed by atoms with van der Waals surface area (Å²) in [6.07, 6.45) is 4.11. The minimum atomic E-state index is -0.828. The molecule has 2 aromatic rings. The Morgan fingerprint density at radius 3 is 2.55 bits per heavy atom. The van der Waals surface area contributed by atoms with E-state index in [0.717, 1.165) is 36.8 Å². The maximum Gasteiger partial charge on any atom is 0.115 e. The van der Waals surface area contributed by atoms with Crippen LogP contribution in [0.1, 0.15) is 47.1 Å². The molecule has 0 saturated carbocycles. The van der Waals surface area contributed by atoms with Crippen molar-refractivity contribution in [1.29, 1.82) is 0 Å². The molecule has 0 aliphatic heterocycles. The van der Waals surface area contributed by atoms with E-state index in [-0.39, 0.29) is 0 Å². The predicted molar refractivity (Wildman–Crippen MR) is 82.9 cm³/mol. The van der Waals surface area contributed by atoms with E-state index in [4.69, 9.17) is 0 Å². The van der Waals surface area contributed by atoms with Crippen LogP contribution in [0.15, 0.2) is 42.5 Å². The SMILES string of the molecule is Cc1ccc(C2(O)CCCCc3ccccc32)cc1C. The molecule has 0 heterocycles. The Labute approximate surface area is 121 Å². The van der Waals surface area contributed by atoms with Gasteiger partial charge in [-0.3, -0.25) is 0 Å². The molecule has 20 heavy (non-hydrogen) atoms. The standard InChI is InChI=1S/C19H22O/c1-14-10-11-17(13-15(14)2)19(20)12-6-5-8-16-7-3-4-9-18(16)19/h3-4,7,9-11,13,20H,5-6,8,12H2,1-2H3. The van der Waals surface area contributed by atoms with Crippen LogP contribution in [0, 0.1) is 13.8 Å². The van der Waals surface area contributed by atoms with Crippen molar-refractivity contribution in [2.24, 2.45) is 0 Å². The molecule has 1 atom stereocenters. The van der Waals surface area contributed by atoms with Gasteiger partial charge >= 0.3 is 0 Å². The first-order valence-corrected chi connectivity index (χ1v) is 7.50. The zero-order chi connectivity index (χ0) is 14.2. The maximum atomic E-state index is 11.4. The van der Waals surface area contributed by atoms with E-state index in [2.05, 4.69) is 50.2 Å². The smallest absolute Gasteiger partial charge is 0.115 e. The number of hydrogen-bond acceptors (Lipinski definition) is 1. The lowest BCUT2D eigenvalue weighted by molar-refractivity contribution is 0.0704. The largest absolute Gasteiger partial charge is 0.380 e. The van der Waals surface area contributed by atoms with E-state index in [1.807, 2.05) is 6.07 Å². The highest BCUT2D eigenvalue weighted by molar-refractivity contribution is 5.44. The second kappa shape index (κ2) is 5.06. The monoisotopic (exact) mass is 266 g/mol. The molecule has 0 saturated heterocycles. The molecular formula is C19H22O. The van der Waals surface area contributed by atoms with Crippen molar-refractivity contribution in [2.75, 3.05) is 0 Å². The summed E-state index contributed by atoms with van der Waals surface area (Å²) in [6.45, 7) is 4.23. The van der Waals surface area contributed by atoms with Gasteiger partial charge < -0.3 is 5.11 Å². The van der Waals surface area contributed by atoms with Crippen molar-refractivity contribution in [1.82, 2.24) is 0 Å². The quantitative estimate of drug-likeness (QED) is 0.764. The molecule has 1 heteroatoms. The molecule has 0 amide bonds. The third kappa shape index (κ3) is 2.16. The average molecular weight is 266 g/mol. The molecule has 1 aliphatic rings. The van der Waals surface area contributed by atoms with Gasteiger partial charge in [0.2, 0.25) is 0 Å². The molecule has 1 aliphatic carbocycles. The van der Waals surface area contributed by atoms with Crippen LogP contribution in [0.25, 0.3) is 0 Å². The van der Waals surface area contributed by atoms with Gasteiger partial charge in [0, 0.05) is 0 Å². The van der Waals surface area contributed by atoms with Crippen molar-refractivity contribution >= 4 is 0 Å². The molecule has 0 aromatic heterocycles. The van der Waals surface area contributed by atoms with Gasteiger partial charge in [0.25, 0.3) is 0 Å². The predicted octanol–water partition coefficient (Wildman–Crippen LogP) is 4.27. The Morgan fingerprint density at radius 1 is 0.950 bits per heavy atom. The van der Waals surface area contributed by atoms with Crippen molar-refractivity contribution in [3.8, 4) is 0 Å². The molecule has 104 valence electrons. The van der Waals surface area contributed by atoms with Crippen LogP contribution in [0.3, 0.4) is 0 Å².